The van der Waals surface area contributed by atoms with Crippen molar-refractivity contribution in [3.8, 4) is 0 Å². The Labute approximate surface area is 132 Å². The number of nitrogens with one attached hydrogen (secondary N) is 1. The highest BCUT2D eigenvalue weighted by Gasteiger charge is 2.31. The molecule has 6 heteroatoms. The van der Waals surface area contributed by atoms with E-state index in [9.17, 15) is 9.59 Å². The molecule has 5 nitrogen and oxygen atoms in total. The van der Waals surface area contributed by atoms with Crippen molar-refractivity contribution in [1.82, 2.24) is 5.32 Å². The van der Waals surface area contributed by atoms with E-state index in [2.05, 4.69) is 21.2 Å². The van der Waals surface area contributed by atoms with E-state index in [0.29, 0.717) is 25.3 Å². The highest BCUT2D eigenvalue weighted by atomic mass is 79.9. The molecule has 0 aromatic heterocycles. The van der Waals surface area contributed by atoms with Crippen LogP contribution >= 0.6 is 15.9 Å². The van der Waals surface area contributed by atoms with Crippen molar-refractivity contribution in [3.05, 3.63) is 28.2 Å². The van der Waals surface area contributed by atoms with Crippen molar-refractivity contribution in [2.24, 2.45) is 0 Å². The molecule has 1 aromatic carbocycles. The van der Waals surface area contributed by atoms with E-state index >= 15 is 0 Å². The molecule has 1 saturated heterocycles. The summed E-state index contributed by atoms with van der Waals surface area (Å²) in [7, 11) is 0. The number of carbonyl (C=O) groups is 2. The number of benzene rings is 1. The molecular weight excluding hydrogens is 336 g/mol. The SMILES string of the molecule is CC(C)NC(=O)C1COCCN1c1ccc(Br)cc1C=O. The van der Waals surface area contributed by atoms with Gasteiger partial charge in [0.1, 0.15) is 6.04 Å². The summed E-state index contributed by atoms with van der Waals surface area (Å²) in [5, 5.41) is 2.90. The molecule has 114 valence electrons. The molecule has 1 atom stereocenters. The molecule has 1 fully saturated rings. The van der Waals surface area contributed by atoms with E-state index in [1.807, 2.05) is 30.9 Å². The number of amides is 1. The van der Waals surface area contributed by atoms with Crippen molar-refractivity contribution in [2.45, 2.75) is 25.9 Å². The standard InChI is InChI=1S/C15H19BrN2O3/c1-10(2)17-15(20)14-9-21-6-5-18(14)13-4-3-12(16)7-11(13)8-19/h3-4,7-8,10,14H,5-6,9H2,1-2H3,(H,17,20). The first-order valence-corrected chi connectivity index (χ1v) is 7.71. The molecule has 0 bridgehead atoms. The summed E-state index contributed by atoms with van der Waals surface area (Å²) in [6.07, 6.45) is 0.812. The fourth-order valence-electron chi connectivity index (χ4n) is 2.37. The Balaban J connectivity index is 2.30. The minimum Gasteiger partial charge on any atom is -0.377 e. The van der Waals surface area contributed by atoms with Crippen LogP contribution < -0.4 is 10.2 Å². The summed E-state index contributed by atoms with van der Waals surface area (Å²) in [6, 6.07) is 5.14. The lowest BCUT2D eigenvalue weighted by atomic mass is 10.1. The number of rotatable bonds is 4. The molecule has 0 spiro atoms. The normalized spacial score (nSPS) is 18.7. The molecule has 1 aromatic rings. The van der Waals surface area contributed by atoms with Crippen molar-refractivity contribution in [3.63, 3.8) is 0 Å². The number of hydrogen-bond acceptors (Lipinski definition) is 4. The summed E-state index contributed by atoms with van der Waals surface area (Å²) < 4.78 is 6.27. The molecule has 0 aliphatic carbocycles. The average Bonchev–Trinajstić information content (AvgIpc) is 2.46. The Morgan fingerprint density at radius 3 is 2.95 bits per heavy atom. The number of carbonyl (C=O) groups excluding carboxylic acids is 2. The predicted octanol–water partition coefficient (Wildman–Crippen LogP) is 1.99. The van der Waals surface area contributed by atoms with E-state index < -0.39 is 6.04 Å². The van der Waals surface area contributed by atoms with E-state index in [-0.39, 0.29) is 11.9 Å². The summed E-state index contributed by atoms with van der Waals surface area (Å²) >= 11 is 3.36. The van der Waals surface area contributed by atoms with Crippen molar-refractivity contribution in [2.75, 3.05) is 24.7 Å². The topological polar surface area (TPSA) is 58.6 Å². The van der Waals surface area contributed by atoms with Gasteiger partial charge in [-0.25, -0.2) is 0 Å². The van der Waals surface area contributed by atoms with Gasteiger partial charge in [0.2, 0.25) is 5.91 Å². The Hall–Kier alpha value is -1.40. The quantitative estimate of drug-likeness (QED) is 0.840. The highest BCUT2D eigenvalue weighted by Crippen LogP contribution is 2.26. The maximum atomic E-state index is 12.3. The molecule has 1 aliphatic rings. The van der Waals surface area contributed by atoms with Crippen LogP contribution in [-0.2, 0) is 9.53 Å². The van der Waals surface area contributed by atoms with Crippen LogP contribution in [0.2, 0.25) is 0 Å². The van der Waals surface area contributed by atoms with Crippen LogP contribution in [0.25, 0.3) is 0 Å². The number of anilines is 1. The first-order chi connectivity index (χ1) is 10.0. The van der Waals surface area contributed by atoms with Crippen molar-refractivity contribution < 1.29 is 14.3 Å². The minimum atomic E-state index is -0.416. The van der Waals surface area contributed by atoms with E-state index in [0.717, 1.165) is 16.4 Å². The molecule has 1 heterocycles. The van der Waals surface area contributed by atoms with E-state index in [1.54, 1.807) is 6.07 Å². The molecule has 1 unspecified atom stereocenters. The van der Waals surface area contributed by atoms with Crippen LogP contribution in [0, 0.1) is 0 Å². The number of ether oxygens (including phenoxy) is 1. The molecule has 21 heavy (non-hydrogen) atoms. The smallest absolute Gasteiger partial charge is 0.245 e. The Morgan fingerprint density at radius 1 is 1.52 bits per heavy atom. The van der Waals surface area contributed by atoms with Crippen LogP contribution in [0.3, 0.4) is 0 Å². The van der Waals surface area contributed by atoms with Gasteiger partial charge >= 0.3 is 0 Å². The molecule has 1 aliphatic heterocycles. The van der Waals surface area contributed by atoms with Gasteiger partial charge in [0.15, 0.2) is 6.29 Å². The highest BCUT2D eigenvalue weighted by molar-refractivity contribution is 9.10. The van der Waals surface area contributed by atoms with Gasteiger partial charge in [-0.2, -0.15) is 0 Å². The van der Waals surface area contributed by atoms with Gasteiger partial charge < -0.3 is 15.0 Å². The third-order valence-electron chi connectivity index (χ3n) is 3.29. The lowest BCUT2D eigenvalue weighted by molar-refractivity contribution is -0.125. The number of halogens is 1. The maximum Gasteiger partial charge on any atom is 0.245 e. The summed E-state index contributed by atoms with van der Waals surface area (Å²) in [5.74, 6) is -0.0792. The number of aldehydes is 1. The third kappa shape index (κ3) is 3.83. The van der Waals surface area contributed by atoms with Gasteiger partial charge in [0.05, 0.1) is 13.2 Å². The number of hydrogen-bond donors (Lipinski definition) is 1. The fourth-order valence-corrected chi connectivity index (χ4v) is 2.75. The first-order valence-electron chi connectivity index (χ1n) is 6.92. The largest absolute Gasteiger partial charge is 0.377 e. The summed E-state index contributed by atoms with van der Waals surface area (Å²) in [4.78, 5) is 25.6. The van der Waals surface area contributed by atoms with Crippen LogP contribution in [0.4, 0.5) is 5.69 Å². The maximum absolute atomic E-state index is 12.3. The van der Waals surface area contributed by atoms with Crippen molar-refractivity contribution >= 4 is 33.8 Å². The van der Waals surface area contributed by atoms with Crippen molar-refractivity contribution in [1.29, 1.82) is 0 Å². The summed E-state index contributed by atoms with van der Waals surface area (Å²) in [6.45, 7) is 5.29. The van der Waals surface area contributed by atoms with Crippen LogP contribution in [0.5, 0.6) is 0 Å². The third-order valence-corrected chi connectivity index (χ3v) is 3.78. The van der Waals surface area contributed by atoms with Crippen LogP contribution in [-0.4, -0.2) is 44.0 Å². The number of morpholine rings is 1. The molecule has 1 N–H and O–H groups in total. The van der Waals surface area contributed by atoms with Gasteiger partial charge in [-0.15, -0.1) is 0 Å². The van der Waals surface area contributed by atoms with E-state index in [4.69, 9.17) is 4.74 Å². The summed E-state index contributed by atoms with van der Waals surface area (Å²) in [5.41, 5.74) is 1.33. The van der Waals surface area contributed by atoms with Crippen LogP contribution in [0.1, 0.15) is 24.2 Å². The Bertz CT molecular complexity index is 534. The van der Waals surface area contributed by atoms with Gasteiger partial charge in [0, 0.05) is 28.3 Å². The Morgan fingerprint density at radius 2 is 2.29 bits per heavy atom. The predicted molar refractivity (Wildman–Crippen MR) is 84.8 cm³/mol. The molecule has 0 saturated carbocycles. The zero-order valence-electron chi connectivity index (χ0n) is 12.1. The Kier molecular flexibility index (Phi) is 5.36. The first kappa shape index (κ1) is 16.0. The lowest BCUT2D eigenvalue weighted by Crippen LogP contribution is -2.55. The average molecular weight is 355 g/mol. The second-order valence-corrected chi connectivity index (χ2v) is 6.18. The molecule has 2 rings (SSSR count). The minimum absolute atomic E-state index is 0.0664. The number of nitrogens with zero attached hydrogens (tertiary/aromatic N) is 1. The molecule has 1 amide bonds. The molecule has 0 radical (unpaired) electrons. The molecular formula is C15H19BrN2O3. The zero-order valence-corrected chi connectivity index (χ0v) is 13.7. The second-order valence-electron chi connectivity index (χ2n) is 5.27. The van der Waals surface area contributed by atoms with Gasteiger partial charge in [-0.05, 0) is 32.0 Å². The second kappa shape index (κ2) is 7.04. The zero-order chi connectivity index (χ0) is 15.4. The van der Waals surface area contributed by atoms with Gasteiger partial charge in [-0.1, -0.05) is 15.9 Å². The van der Waals surface area contributed by atoms with Gasteiger partial charge in [0.25, 0.3) is 0 Å². The lowest BCUT2D eigenvalue weighted by Gasteiger charge is -2.37. The van der Waals surface area contributed by atoms with Crippen LogP contribution in [0.15, 0.2) is 22.7 Å². The van der Waals surface area contributed by atoms with Gasteiger partial charge in [-0.3, -0.25) is 9.59 Å². The monoisotopic (exact) mass is 354 g/mol. The fraction of sp³-hybridized carbons (Fsp3) is 0.467. The van der Waals surface area contributed by atoms with E-state index in [1.165, 1.54) is 0 Å².